The summed E-state index contributed by atoms with van der Waals surface area (Å²) in [6.07, 6.45) is 0. The van der Waals surface area contributed by atoms with Crippen LogP contribution in [-0.2, 0) is 10.8 Å². The van der Waals surface area contributed by atoms with E-state index < -0.39 is 6.85 Å². The third-order valence-electron chi connectivity index (χ3n) is 13.4. The van der Waals surface area contributed by atoms with Crippen molar-refractivity contribution in [2.24, 2.45) is 0 Å². The summed E-state index contributed by atoms with van der Waals surface area (Å²) in [5, 5.41) is 5.05. The quantitative estimate of drug-likeness (QED) is 0.151. The molecule has 11 aromatic rings. The predicted molar refractivity (Wildman–Crippen MR) is 292 cm³/mol. The van der Waals surface area contributed by atoms with Crippen LogP contribution in [0.3, 0.4) is 0 Å². The molecule has 0 bridgehead atoms. The Balaban J connectivity index is 1.17. The fourth-order valence-corrected chi connectivity index (χ4v) is 10.2. The first-order chi connectivity index (χ1) is 34.0. The van der Waals surface area contributed by atoms with Crippen LogP contribution < -0.4 is 9.80 Å². The number of nitrogens with zero attached hydrogens (tertiary/aromatic N) is 4. The van der Waals surface area contributed by atoms with Crippen LogP contribution in [0.15, 0.2) is 206 Å². The average molecular weight is 907 g/mol. The maximum atomic E-state index is 9.04. The maximum Gasteiger partial charge on any atom is 0.0887 e. The van der Waals surface area contributed by atoms with Crippen LogP contribution in [0.25, 0.3) is 55.0 Å². The summed E-state index contributed by atoms with van der Waals surface area (Å²) in [6.45, 7) is 10.7. The van der Waals surface area contributed by atoms with Gasteiger partial charge in [0.05, 0.1) is 38.5 Å². The molecule has 2 heterocycles. The highest BCUT2D eigenvalue weighted by Gasteiger charge is 2.26. The third kappa shape index (κ3) is 7.50. The molecule has 0 atom stereocenters. The van der Waals surface area contributed by atoms with Gasteiger partial charge in [-0.25, -0.2) is 0 Å². The summed E-state index contributed by atoms with van der Waals surface area (Å²) in [5.41, 5.74) is 13.0. The normalized spacial score (nSPS) is 13.0. The number of anilines is 6. The Morgan fingerprint density at radius 1 is 0.382 bits per heavy atom. The van der Waals surface area contributed by atoms with Gasteiger partial charge in [-0.1, -0.05) is 162 Å². The number of benzene rings is 9. The highest BCUT2D eigenvalue weighted by Crippen LogP contribution is 2.49. The van der Waals surface area contributed by atoms with E-state index in [4.69, 9.17) is 15.7 Å². The monoisotopic (exact) mass is 905 g/mol. The molecule has 0 aliphatic rings. The molecule has 0 N–H and O–H groups in total. The van der Waals surface area contributed by atoms with Crippen molar-refractivity contribution < 1.29 is 4.11 Å². The lowest BCUT2D eigenvalue weighted by Gasteiger charge is -2.32. The van der Waals surface area contributed by atoms with E-state index in [1.165, 1.54) is 32.7 Å². The SMILES string of the molecule is [2H]C([2H])([2H])c1cc(N(c2ccc(C(C)(C)C)cc2)c2cccc(-n3c4ccccc4c4ccccc43)c2)c(Cl)c(N(c2ccc(C(C)(C)C)cc2)c2cccc(-n3c4ccccc4c4ccccc43)c2)c1. The molecule has 334 valence electrons. The van der Waals surface area contributed by atoms with Gasteiger partial charge in [-0.2, -0.15) is 0 Å². The molecule has 4 nitrogen and oxygen atoms in total. The zero-order valence-corrected chi connectivity index (χ0v) is 40.1. The molecule has 0 fully saturated rings. The second kappa shape index (κ2) is 16.7. The lowest BCUT2D eigenvalue weighted by molar-refractivity contribution is 0.590. The molecular formula is C63H55ClN4. The van der Waals surface area contributed by atoms with Gasteiger partial charge in [0, 0.05) is 59.8 Å². The van der Waals surface area contributed by atoms with E-state index in [9.17, 15) is 0 Å². The number of aryl methyl sites for hydroxylation is 1. The number of aromatic nitrogens is 2. The molecule has 0 unspecified atom stereocenters. The summed E-state index contributed by atoms with van der Waals surface area (Å²) < 4.78 is 31.7. The summed E-state index contributed by atoms with van der Waals surface area (Å²) in [7, 11) is 0. The van der Waals surface area contributed by atoms with Crippen LogP contribution in [-0.4, -0.2) is 9.13 Å². The molecular weight excluding hydrogens is 848 g/mol. The van der Waals surface area contributed by atoms with Crippen LogP contribution in [0.4, 0.5) is 34.1 Å². The van der Waals surface area contributed by atoms with Gasteiger partial charge in [-0.05, 0) is 131 Å². The van der Waals surface area contributed by atoms with Crippen molar-refractivity contribution in [1.82, 2.24) is 9.13 Å². The third-order valence-corrected chi connectivity index (χ3v) is 13.7. The Bertz CT molecular complexity index is 3450. The first kappa shape index (κ1) is 39.6. The number of halogens is 1. The Hall–Kier alpha value is -7.53. The van der Waals surface area contributed by atoms with Crippen molar-refractivity contribution in [2.45, 2.75) is 59.2 Å². The van der Waals surface area contributed by atoms with E-state index in [2.05, 4.69) is 255 Å². The minimum Gasteiger partial charge on any atom is -0.309 e. The predicted octanol–water partition coefficient (Wildman–Crippen LogP) is 18.4. The Morgan fingerprint density at radius 2 is 0.721 bits per heavy atom. The van der Waals surface area contributed by atoms with Crippen LogP contribution >= 0.6 is 11.6 Å². The van der Waals surface area contributed by atoms with Crippen LogP contribution in [0.1, 0.15) is 62.3 Å². The largest absolute Gasteiger partial charge is 0.309 e. The zero-order valence-electron chi connectivity index (χ0n) is 42.3. The second-order valence-electron chi connectivity index (χ2n) is 19.9. The van der Waals surface area contributed by atoms with Crippen LogP contribution in [0, 0.1) is 6.85 Å². The van der Waals surface area contributed by atoms with Gasteiger partial charge in [0.2, 0.25) is 0 Å². The smallest absolute Gasteiger partial charge is 0.0887 e. The fourth-order valence-electron chi connectivity index (χ4n) is 9.94. The van der Waals surface area contributed by atoms with Crippen LogP contribution in [0.5, 0.6) is 0 Å². The van der Waals surface area contributed by atoms with Gasteiger partial charge in [0.15, 0.2) is 0 Å². The first-order valence-corrected chi connectivity index (χ1v) is 23.7. The number of hydrogen-bond donors (Lipinski definition) is 0. The second-order valence-corrected chi connectivity index (χ2v) is 20.3. The van der Waals surface area contributed by atoms with Crippen molar-refractivity contribution in [3.8, 4) is 11.4 Å². The molecule has 0 radical (unpaired) electrons. The fraction of sp³-hybridized carbons (Fsp3) is 0.143. The lowest BCUT2D eigenvalue weighted by Crippen LogP contribution is -2.16. The average Bonchev–Trinajstić information content (AvgIpc) is 3.88. The molecule has 0 spiro atoms. The molecule has 0 saturated carbocycles. The van der Waals surface area contributed by atoms with E-state index in [1.54, 1.807) is 12.1 Å². The summed E-state index contributed by atoms with van der Waals surface area (Å²) in [5.74, 6) is 0. The van der Waals surface area contributed by atoms with E-state index in [0.29, 0.717) is 16.4 Å². The van der Waals surface area contributed by atoms with Gasteiger partial charge >= 0.3 is 0 Å². The minimum atomic E-state index is -2.49. The molecule has 11 rings (SSSR count). The minimum absolute atomic E-state index is 0.0946. The Kier molecular flexibility index (Phi) is 9.71. The van der Waals surface area contributed by atoms with Crippen LogP contribution in [0.2, 0.25) is 5.02 Å². The summed E-state index contributed by atoms with van der Waals surface area (Å²) in [4.78, 5) is 4.22. The Labute approximate surface area is 409 Å². The zero-order chi connectivity index (χ0) is 49.4. The first-order valence-electron chi connectivity index (χ1n) is 24.9. The number of para-hydroxylation sites is 4. The van der Waals surface area contributed by atoms with Gasteiger partial charge in [0.25, 0.3) is 0 Å². The van der Waals surface area contributed by atoms with E-state index in [0.717, 1.165) is 56.2 Å². The number of rotatable bonds is 8. The van der Waals surface area contributed by atoms with Crippen molar-refractivity contribution in [1.29, 1.82) is 0 Å². The van der Waals surface area contributed by atoms with Crippen molar-refractivity contribution >= 4 is 89.3 Å². The van der Waals surface area contributed by atoms with Gasteiger partial charge < -0.3 is 18.9 Å². The molecule has 2 aromatic heterocycles. The van der Waals surface area contributed by atoms with Gasteiger partial charge in [-0.15, -0.1) is 0 Å². The van der Waals surface area contributed by atoms with Crippen molar-refractivity contribution in [3.63, 3.8) is 0 Å². The highest BCUT2D eigenvalue weighted by molar-refractivity contribution is 6.36. The molecule has 5 heteroatoms. The van der Waals surface area contributed by atoms with Gasteiger partial charge in [0.1, 0.15) is 0 Å². The molecule has 0 aliphatic carbocycles. The highest BCUT2D eigenvalue weighted by atomic mass is 35.5. The van der Waals surface area contributed by atoms with Crippen molar-refractivity contribution in [2.75, 3.05) is 9.80 Å². The van der Waals surface area contributed by atoms with E-state index in [-0.39, 0.29) is 16.4 Å². The number of fused-ring (bicyclic) bond motifs is 6. The lowest BCUT2D eigenvalue weighted by atomic mass is 9.87. The number of hydrogen-bond acceptors (Lipinski definition) is 2. The van der Waals surface area contributed by atoms with Crippen molar-refractivity contribution in [3.05, 3.63) is 228 Å². The summed E-state index contributed by atoms with van der Waals surface area (Å²) in [6, 6.07) is 71.4. The van der Waals surface area contributed by atoms with E-state index in [1.807, 2.05) is 0 Å². The topological polar surface area (TPSA) is 16.3 Å². The van der Waals surface area contributed by atoms with Gasteiger partial charge in [-0.3, -0.25) is 0 Å². The standard InChI is InChI=1S/C63H55ClN4/c1-42-38-59(65(45-34-30-43(31-35-45)62(2,3)4)47-18-16-20-49(40-47)67-55-26-12-8-22-51(55)52-23-9-13-27-56(52)67)61(64)60(39-42)66(46-36-32-44(33-37-46)63(5,6)7)48-19-17-21-50(41-48)68-57-28-14-10-24-53(57)54-25-11-15-29-58(54)68/h8-41H,1-7H3/i1D3. The molecule has 0 aliphatic heterocycles. The molecule has 0 amide bonds. The molecule has 0 saturated heterocycles. The maximum absolute atomic E-state index is 9.04. The molecule has 68 heavy (non-hydrogen) atoms. The molecule has 9 aromatic carbocycles. The summed E-state index contributed by atoms with van der Waals surface area (Å²) >= 11 is 8.04. The Morgan fingerprint density at radius 3 is 1.04 bits per heavy atom. The van der Waals surface area contributed by atoms with E-state index >= 15 is 0 Å².